The van der Waals surface area contributed by atoms with Gasteiger partial charge in [-0.15, -0.1) is 24.0 Å². The van der Waals surface area contributed by atoms with Gasteiger partial charge in [0.1, 0.15) is 0 Å². The molecule has 0 spiro atoms. The molecule has 7 nitrogen and oxygen atoms in total. The van der Waals surface area contributed by atoms with Gasteiger partial charge in [0, 0.05) is 25.2 Å². The van der Waals surface area contributed by atoms with Crippen LogP contribution >= 0.6 is 24.0 Å². The highest BCUT2D eigenvalue weighted by Gasteiger charge is 2.27. The number of halogens is 1. The van der Waals surface area contributed by atoms with Gasteiger partial charge in [-0.05, 0) is 59.4 Å². The van der Waals surface area contributed by atoms with E-state index in [1.165, 1.54) is 12.8 Å². The molecule has 176 valence electrons. The maximum atomic E-state index is 12.3. The van der Waals surface area contributed by atoms with Crippen LogP contribution in [0.15, 0.2) is 23.2 Å². The lowest BCUT2D eigenvalue weighted by atomic mass is 9.92. The Morgan fingerprint density at radius 3 is 2.42 bits per heavy atom. The topological polar surface area (TPSA) is 84.0 Å². The van der Waals surface area contributed by atoms with E-state index in [0.717, 1.165) is 36.4 Å². The van der Waals surface area contributed by atoms with Gasteiger partial charge in [-0.2, -0.15) is 0 Å². The van der Waals surface area contributed by atoms with E-state index in [9.17, 15) is 4.79 Å². The first-order valence-corrected chi connectivity index (χ1v) is 11.0. The van der Waals surface area contributed by atoms with Crippen molar-refractivity contribution in [2.24, 2.45) is 10.4 Å². The first kappa shape index (κ1) is 27.3. The SMILES string of the molecule is CCNC(=O)C(C)(C)CNC(=NCc1cccc(OC)c1OC1CCCC1)NCC.I. The molecule has 0 radical (unpaired) electrons. The quantitative estimate of drug-likeness (QED) is 0.236. The monoisotopic (exact) mass is 546 g/mol. The molecule has 2 rings (SSSR count). The van der Waals surface area contributed by atoms with Gasteiger partial charge in [-0.25, -0.2) is 4.99 Å². The predicted molar refractivity (Wildman–Crippen MR) is 137 cm³/mol. The van der Waals surface area contributed by atoms with Crippen LogP contribution in [0.3, 0.4) is 0 Å². The number of aliphatic imine (C=N–C) groups is 1. The van der Waals surface area contributed by atoms with Crippen LogP contribution in [0, 0.1) is 5.41 Å². The lowest BCUT2D eigenvalue weighted by Crippen LogP contribution is -2.47. The zero-order chi connectivity index (χ0) is 22.0. The third kappa shape index (κ3) is 8.38. The van der Waals surface area contributed by atoms with Crippen molar-refractivity contribution in [2.45, 2.75) is 66.0 Å². The van der Waals surface area contributed by atoms with Gasteiger partial charge in [0.25, 0.3) is 0 Å². The van der Waals surface area contributed by atoms with Crippen LogP contribution in [0.4, 0.5) is 0 Å². The average Bonchev–Trinajstić information content (AvgIpc) is 3.24. The van der Waals surface area contributed by atoms with E-state index in [2.05, 4.69) is 16.0 Å². The van der Waals surface area contributed by atoms with Gasteiger partial charge in [0.2, 0.25) is 5.91 Å². The molecule has 0 bridgehead atoms. The van der Waals surface area contributed by atoms with Crippen LogP contribution in [0.5, 0.6) is 11.5 Å². The van der Waals surface area contributed by atoms with Crippen molar-refractivity contribution >= 4 is 35.8 Å². The number of nitrogens with one attached hydrogen (secondary N) is 3. The van der Waals surface area contributed by atoms with E-state index in [1.54, 1.807) is 7.11 Å². The van der Waals surface area contributed by atoms with E-state index >= 15 is 0 Å². The summed E-state index contributed by atoms with van der Waals surface area (Å²) < 4.78 is 11.8. The number of benzene rings is 1. The molecule has 8 heteroatoms. The molecule has 0 aromatic heterocycles. The second-order valence-corrected chi connectivity index (χ2v) is 8.26. The first-order chi connectivity index (χ1) is 14.4. The van der Waals surface area contributed by atoms with Crippen molar-refractivity contribution in [3.63, 3.8) is 0 Å². The van der Waals surface area contributed by atoms with E-state index in [4.69, 9.17) is 14.5 Å². The van der Waals surface area contributed by atoms with Gasteiger partial charge in [0.15, 0.2) is 17.5 Å². The molecule has 3 N–H and O–H groups in total. The molecule has 1 saturated carbocycles. The number of ether oxygens (including phenoxy) is 2. The maximum Gasteiger partial charge on any atom is 0.227 e. The van der Waals surface area contributed by atoms with E-state index < -0.39 is 5.41 Å². The van der Waals surface area contributed by atoms with Crippen molar-refractivity contribution in [1.29, 1.82) is 0 Å². The van der Waals surface area contributed by atoms with Crippen molar-refractivity contribution in [3.8, 4) is 11.5 Å². The second kappa shape index (κ2) is 13.6. The van der Waals surface area contributed by atoms with Gasteiger partial charge >= 0.3 is 0 Å². The Morgan fingerprint density at radius 1 is 1.13 bits per heavy atom. The molecule has 1 aliphatic rings. The number of hydrogen-bond donors (Lipinski definition) is 3. The summed E-state index contributed by atoms with van der Waals surface area (Å²) in [6.07, 6.45) is 4.83. The molecule has 0 atom stereocenters. The third-order valence-electron chi connectivity index (χ3n) is 5.27. The fourth-order valence-electron chi connectivity index (χ4n) is 3.44. The highest BCUT2D eigenvalue weighted by Crippen LogP contribution is 2.35. The van der Waals surface area contributed by atoms with Crippen molar-refractivity contribution in [1.82, 2.24) is 16.0 Å². The predicted octanol–water partition coefficient (Wildman–Crippen LogP) is 3.85. The number of amides is 1. The number of guanidine groups is 1. The number of hydrogen-bond acceptors (Lipinski definition) is 4. The molecular weight excluding hydrogens is 507 g/mol. The number of para-hydroxylation sites is 1. The summed E-state index contributed by atoms with van der Waals surface area (Å²) in [7, 11) is 1.67. The molecule has 1 amide bonds. The van der Waals surface area contributed by atoms with E-state index in [0.29, 0.717) is 25.6 Å². The van der Waals surface area contributed by atoms with Crippen molar-refractivity contribution in [3.05, 3.63) is 23.8 Å². The Balaban J connectivity index is 0.00000480. The fraction of sp³-hybridized carbons (Fsp3) is 0.652. The van der Waals surface area contributed by atoms with Crippen molar-refractivity contribution in [2.75, 3.05) is 26.7 Å². The van der Waals surface area contributed by atoms with Gasteiger partial charge in [-0.1, -0.05) is 12.1 Å². The molecule has 1 aliphatic carbocycles. The van der Waals surface area contributed by atoms with E-state index in [-0.39, 0.29) is 36.0 Å². The number of carbonyl (C=O) groups excluding carboxylic acids is 1. The maximum absolute atomic E-state index is 12.3. The number of methoxy groups -OCH3 is 1. The molecule has 0 heterocycles. The minimum Gasteiger partial charge on any atom is -0.493 e. The van der Waals surface area contributed by atoms with Gasteiger partial charge in [-0.3, -0.25) is 4.79 Å². The summed E-state index contributed by atoms with van der Waals surface area (Å²) in [6, 6.07) is 5.91. The molecule has 0 unspecified atom stereocenters. The first-order valence-electron chi connectivity index (χ1n) is 11.0. The lowest BCUT2D eigenvalue weighted by molar-refractivity contribution is -0.128. The third-order valence-corrected chi connectivity index (χ3v) is 5.27. The lowest BCUT2D eigenvalue weighted by Gasteiger charge is -2.25. The zero-order valence-corrected chi connectivity index (χ0v) is 21.9. The molecule has 0 aliphatic heterocycles. The minimum absolute atomic E-state index is 0. The largest absolute Gasteiger partial charge is 0.493 e. The standard InChI is InChI=1S/C23H38N4O3.HI/c1-6-24-21(28)23(3,4)16-27-22(25-7-2)26-15-17-11-10-14-19(29-5)20(17)30-18-12-8-9-13-18;/h10-11,14,18H,6-9,12-13,15-16H2,1-5H3,(H,24,28)(H2,25,26,27);1H. The summed E-state index contributed by atoms with van der Waals surface area (Å²) in [5.74, 6) is 2.22. The Hall–Kier alpha value is -1.71. The second-order valence-electron chi connectivity index (χ2n) is 8.26. The molecular formula is C23H39IN4O3. The number of carbonyl (C=O) groups is 1. The highest BCUT2D eigenvalue weighted by molar-refractivity contribution is 14.0. The molecule has 1 aromatic rings. The summed E-state index contributed by atoms with van der Waals surface area (Å²) in [6.45, 7) is 10.1. The summed E-state index contributed by atoms with van der Waals surface area (Å²) in [5, 5.41) is 9.43. The van der Waals surface area contributed by atoms with Crippen LogP contribution in [-0.2, 0) is 11.3 Å². The van der Waals surface area contributed by atoms with Gasteiger partial charge < -0.3 is 25.4 Å². The Kier molecular flexibility index (Phi) is 12.0. The summed E-state index contributed by atoms with van der Waals surface area (Å²) in [5.41, 5.74) is 0.445. The fourth-order valence-corrected chi connectivity index (χ4v) is 3.44. The Morgan fingerprint density at radius 2 is 1.81 bits per heavy atom. The molecule has 0 saturated heterocycles. The Bertz CT molecular complexity index is 719. The summed E-state index contributed by atoms with van der Waals surface area (Å²) in [4.78, 5) is 17.0. The molecule has 1 fully saturated rings. The van der Waals surface area contributed by atoms with Crippen LogP contribution < -0.4 is 25.4 Å². The van der Waals surface area contributed by atoms with Crippen LogP contribution in [0.2, 0.25) is 0 Å². The van der Waals surface area contributed by atoms with Gasteiger partial charge in [0.05, 0.1) is 25.2 Å². The smallest absolute Gasteiger partial charge is 0.227 e. The number of rotatable bonds is 10. The molecule has 1 aromatic carbocycles. The van der Waals surface area contributed by atoms with Crippen LogP contribution in [0.25, 0.3) is 0 Å². The zero-order valence-electron chi connectivity index (χ0n) is 19.5. The van der Waals surface area contributed by atoms with Crippen molar-refractivity contribution < 1.29 is 14.3 Å². The van der Waals surface area contributed by atoms with Crippen LogP contribution in [-0.4, -0.2) is 44.7 Å². The number of nitrogens with zero attached hydrogens (tertiary/aromatic N) is 1. The minimum atomic E-state index is -0.543. The normalized spacial score (nSPS) is 14.5. The van der Waals surface area contributed by atoms with Crippen LogP contribution in [0.1, 0.15) is 58.9 Å². The highest BCUT2D eigenvalue weighted by atomic mass is 127. The summed E-state index contributed by atoms with van der Waals surface area (Å²) >= 11 is 0. The molecule has 31 heavy (non-hydrogen) atoms. The Labute approximate surface area is 204 Å². The van der Waals surface area contributed by atoms with E-state index in [1.807, 2.05) is 45.9 Å². The average molecular weight is 546 g/mol.